The molecule has 0 aromatic heterocycles. The van der Waals surface area contributed by atoms with Crippen molar-refractivity contribution in [2.75, 3.05) is 23.9 Å². The van der Waals surface area contributed by atoms with E-state index in [1.807, 2.05) is 0 Å². The summed E-state index contributed by atoms with van der Waals surface area (Å²) in [4.78, 5) is 11.7. The Morgan fingerprint density at radius 3 is 2.65 bits per heavy atom. The number of sulfone groups is 1. The molecule has 1 aliphatic rings. The summed E-state index contributed by atoms with van der Waals surface area (Å²) in [5, 5.41) is 5.93. The molecule has 110 valence electrons. The lowest BCUT2D eigenvalue weighted by Crippen LogP contribution is -2.27. The average molecular weight is 297 g/mol. The lowest BCUT2D eigenvalue weighted by Gasteiger charge is -2.10. The van der Waals surface area contributed by atoms with Crippen molar-refractivity contribution in [2.24, 2.45) is 0 Å². The van der Waals surface area contributed by atoms with E-state index in [1.165, 1.54) is 12.1 Å². The van der Waals surface area contributed by atoms with E-state index in [-0.39, 0.29) is 10.8 Å². The second-order valence-electron chi connectivity index (χ2n) is 5.04. The van der Waals surface area contributed by atoms with E-state index in [0.29, 0.717) is 30.4 Å². The first-order chi connectivity index (χ1) is 9.36. The third-order valence-corrected chi connectivity index (χ3v) is 4.17. The zero-order valence-electron chi connectivity index (χ0n) is 11.3. The molecule has 7 heteroatoms. The fraction of sp³-hybridized carbons (Fsp3) is 0.462. The number of benzene rings is 1. The van der Waals surface area contributed by atoms with E-state index in [0.717, 1.165) is 19.1 Å². The van der Waals surface area contributed by atoms with Crippen molar-refractivity contribution < 1.29 is 13.2 Å². The molecule has 0 bridgehead atoms. The lowest BCUT2D eigenvalue weighted by atomic mass is 10.2. The maximum absolute atomic E-state index is 11.5. The van der Waals surface area contributed by atoms with Gasteiger partial charge >= 0.3 is 0 Å². The van der Waals surface area contributed by atoms with Crippen LogP contribution in [0.25, 0.3) is 0 Å². The molecule has 0 radical (unpaired) electrons. The first kappa shape index (κ1) is 14.6. The van der Waals surface area contributed by atoms with Crippen LogP contribution in [0, 0.1) is 0 Å². The zero-order chi connectivity index (χ0) is 14.8. The van der Waals surface area contributed by atoms with Crippen LogP contribution >= 0.6 is 0 Å². The Morgan fingerprint density at radius 2 is 2.10 bits per heavy atom. The molecule has 1 amide bonds. The van der Waals surface area contributed by atoms with E-state index in [1.54, 1.807) is 6.07 Å². The SMILES string of the molecule is CS(=O)(=O)c1ccc(NCCC(=O)NC2CC2)c(N)c1. The molecule has 0 unspecified atom stereocenters. The van der Waals surface area contributed by atoms with Gasteiger partial charge in [0.1, 0.15) is 0 Å². The van der Waals surface area contributed by atoms with Gasteiger partial charge in [0.25, 0.3) is 0 Å². The highest BCUT2D eigenvalue weighted by Gasteiger charge is 2.22. The van der Waals surface area contributed by atoms with Crippen LogP contribution in [0.2, 0.25) is 0 Å². The van der Waals surface area contributed by atoms with Gasteiger partial charge in [-0.25, -0.2) is 8.42 Å². The van der Waals surface area contributed by atoms with Crippen LogP contribution in [0.5, 0.6) is 0 Å². The number of hydrogen-bond acceptors (Lipinski definition) is 5. The number of nitrogens with two attached hydrogens (primary N) is 1. The summed E-state index contributed by atoms with van der Waals surface area (Å²) in [5.74, 6) is 0.0197. The molecule has 0 saturated heterocycles. The van der Waals surface area contributed by atoms with Crippen molar-refractivity contribution in [1.29, 1.82) is 0 Å². The van der Waals surface area contributed by atoms with E-state index >= 15 is 0 Å². The van der Waals surface area contributed by atoms with Gasteiger partial charge in [0.15, 0.2) is 9.84 Å². The fourth-order valence-corrected chi connectivity index (χ4v) is 2.43. The molecule has 0 aliphatic heterocycles. The highest BCUT2D eigenvalue weighted by Crippen LogP contribution is 2.22. The van der Waals surface area contributed by atoms with Gasteiger partial charge in [0.2, 0.25) is 5.91 Å². The van der Waals surface area contributed by atoms with Gasteiger partial charge in [0.05, 0.1) is 16.3 Å². The van der Waals surface area contributed by atoms with Crippen LogP contribution in [0.4, 0.5) is 11.4 Å². The number of hydrogen-bond donors (Lipinski definition) is 3. The Balaban J connectivity index is 1.88. The van der Waals surface area contributed by atoms with E-state index in [9.17, 15) is 13.2 Å². The Kier molecular flexibility index (Phi) is 4.17. The summed E-state index contributed by atoms with van der Waals surface area (Å²) in [6.07, 6.45) is 3.64. The van der Waals surface area contributed by atoms with Crippen molar-refractivity contribution in [3.63, 3.8) is 0 Å². The van der Waals surface area contributed by atoms with Crippen LogP contribution in [0.15, 0.2) is 23.1 Å². The molecule has 1 aliphatic carbocycles. The van der Waals surface area contributed by atoms with Crippen molar-refractivity contribution >= 4 is 27.1 Å². The van der Waals surface area contributed by atoms with Crippen molar-refractivity contribution in [3.05, 3.63) is 18.2 Å². The van der Waals surface area contributed by atoms with Crippen molar-refractivity contribution in [3.8, 4) is 0 Å². The Labute approximate surface area is 118 Å². The number of nitrogens with one attached hydrogen (secondary N) is 2. The summed E-state index contributed by atoms with van der Waals surface area (Å²) in [6.45, 7) is 0.459. The van der Waals surface area contributed by atoms with Crippen LogP contribution in [-0.4, -0.2) is 33.2 Å². The molecule has 1 saturated carbocycles. The molecule has 1 aromatic carbocycles. The number of anilines is 2. The van der Waals surface area contributed by atoms with Gasteiger partial charge in [0, 0.05) is 25.3 Å². The fourth-order valence-electron chi connectivity index (χ4n) is 1.77. The minimum Gasteiger partial charge on any atom is -0.397 e. The molecule has 6 nitrogen and oxygen atoms in total. The number of carbonyl (C=O) groups is 1. The molecule has 1 aromatic rings. The molecular weight excluding hydrogens is 278 g/mol. The van der Waals surface area contributed by atoms with Crippen LogP contribution < -0.4 is 16.4 Å². The molecule has 4 N–H and O–H groups in total. The molecule has 1 fully saturated rings. The average Bonchev–Trinajstić information content (AvgIpc) is 3.13. The summed E-state index contributed by atoms with van der Waals surface area (Å²) in [5.41, 5.74) is 6.79. The summed E-state index contributed by atoms with van der Waals surface area (Å²) < 4.78 is 22.8. The topological polar surface area (TPSA) is 101 Å². The standard InChI is InChI=1S/C13H19N3O3S/c1-20(18,19)10-4-5-12(11(14)8-10)15-7-6-13(17)16-9-2-3-9/h4-5,8-9,15H,2-3,6-7,14H2,1H3,(H,16,17). The van der Waals surface area contributed by atoms with Gasteiger partial charge in [-0.05, 0) is 31.0 Å². The minimum absolute atomic E-state index is 0.0197. The maximum Gasteiger partial charge on any atom is 0.221 e. The smallest absolute Gasteiger partial charge is 0.221 e. The minimum atomic E-state index is -3.25. The molecule has 0 heterocycles. The maximum atomic E-state index is 11.5. The Morgan fingerprint density at radius 1 is 1.40 bits per heavy atom. The third-order valence-electron chi connectivity index (χ3n) is 3.06. The molecule has 0 atom stereocenters. The van der Waals surface area contributed by atoms with Crippen molar-refractivity contribution in [2.45, 2.75) is 30.2 Å². The van der Waals surface area contributed by atoms with Gasteiger partial charge in [-0.1, -0.05) is 0 Å². The predicted octanol–water partition coefficient (Wildman–Crippen LogP) is 0.753. The Bertz CT molecular complexity index is 609. The second-order valence-corrected chi connectivity index (χ2v) is 7.06. The van der Waals surface area contributed by atoms with Gasteiger partial charge < -0.3 is 16.4 Å². The molecule has 2 rings (SSSR count). The van der Waals surface area contributed by atoms with Gasteiger partial charge in [-0.15, -0.1) is 0 Å². The molecular formula is C13H19N3O3S. The number of nitrogen functional groups attached to an aromatic ring is 1. The quantitative estimate of drug-likeness (QED) is 0.673. The van der Waals surface area contributed by atoms with Crippen LogP contribution in [0.3, 0.4) is 0 Å². The largest absolute Gasteiger partial charge is 0.397 e. The molecule has 20 heavy (non-hydrogen) atoms. The monoisotopic (exact) mass is 297 g/mol. The first-order valence-corrected chi connectivity index (χ1v) is 8.38. The summed E-state index contributed by atoms with van der Waals surface area (Å²) >= 11 is 0. The lowest BCUT2D eigenvalue weighted by molar-refractivity contribution is -0.120. The third kappa shape index (κ3) is 4.12. The van der Waals surface area contributed by atoms with Crippen molar-refractivity contribution in [1.82, 2.24) is 5.32 Å². The molecule has 0 spiro atoms. The zero-order valence-corrected chi connectivity index (χ0v) is 12.2. The van der Waals surface area contributed by atoms with Gasteiger partial charge in [-0.3, -0.25) is 4.79 Å². The second kappa shape index (κ2) is 5.70. The van der Waals surface area contributed by atoms with Gasteiger partial charge in [-0.2, -0.15) is 0 Å². The van der Waals surface area contributed by atoms with Crippen LogP contribution in [0.1, 0.15) is 19.3 Å². The van der Waals surface area contributed by atoms with E-state index < -0.39 is 9.84 Å². The van der Waals surface area contributed by atoms with E-state index in [4.69, 9.17) is 5.73 Å². The highest BCUT2D eigenvalue weighted by atomic mass is 32.2. The number of carbonyl (C=O) groups excluding carboxylic acids is 1. The number of amides is 1. The summed E-state index contributed by atoms with van der Waals surface area (Å²) in [6, 6.07) is 4.90. The normalized spacial score (nSPS) is 14.8. The highest BCUT2D eigenvalue weighted by molar-refractivity contribution is 7.90. The Hall–Kier alpha value is -1.76. The first-order valence-electron chi connectivity index (χ1n) is 6.49. The van der Waals surface area contributed by atoms with Crippen LogP contribution in [-0.2, 0) is 14.6 Å². The number of rotatable bonds is 6. The summed E-state index contributed by atoms with van der Waals surface area (Å²) in [7, 11) is -3.25. The predicted molar refractivity (Wildman–Crippen MR) is 78.2 cm³/mol. The van der Waals surface area contributed by atoms with E-state index in [2.05, 4.69) is 10.6 Å².